The zero-order valence-electron chi connectivity index (χ0n) is 18.1. The smallest absolute Gasteiger partial charge is 0.324 e. The molecule has 0 spiro atoms. The molecule has 0 aliphatic carbocycles. The molecule has 1 aromatic rings. The van der Waals surface area contributed by atoms with Gasteiger partial charge in [-0.1, -0.05) is 44.2 Å². The monoisotopic (exact) mass is 420 g/mol. The first-order valence-corrected chi connectivity index (χ1v) is 9.83. The summed E-state index contributed by atoms with van der Waals surface area (Å²) in [4.78, 5) is 46.1. The number of ether oxygens (including phenoxy) is 4. The van der Waals surface area contributed by atoms with E-state index in [1.165, 1.54) is 13.8 Å². The molecule has 164 valence electrons. The average Bonchev–Trinajstić information content (AvgIpc) is 2.60. The second kappa shape index (κ2) is 8.85. The Hall–Kier alpha value is -2.90. The van der Waals surface area contributed by atoms with Crippen LogP contribution in [0.5, 0.6) is 0 Å². The Labute approximate surface area is 175 Å². The van der Waals surface area contributed by atoms with Gasteiger partial charge in [0.1, 0.15) is 0 Å². The van der Waals surface area contributed by atoms with Crippen molar-refractivity contribution in [2.75, 3.05) is 0 Å². The Morgan fingerprint density at radius 2 is 1.17 bits per heavy atom. The fourth-order valence-corrected chi connectivity index (χ4v) is 3.16. The highest BCUT2D eigenvalue weighted by atomic mass is 16.8. The van der Waals surface area contributed by atoms with Crippen LogP contribution in [-0.2, 0) is 38.1 Å². The highest BCUT2D eigenvalue weighted by Gasteiger charge is 2.46. The van der Waals surface area contributed by atoms with E-state index in [0.29, 0.717) is 6.42 Å². The Morgan fingerprint density at radius 1 is 0.767 bits per heavy atom. The zero-order valence-corrected chi connectivity index (χ0v) is 18.1. The van der Waals surface area contributed by atoms with Gasteiger partial charge < -0.3 is 18.9 Å². The van der Waals surface area contributed by atoms with Gasteiger partial charge in [0.15, 0.2) is 11.8 Å². The van der Waals surface area contributed by atoms with Gasteiger partial charge in [-0.2, -0.15) is 0 Å². The number of benzene rings is 1. The van der Waals surface area contributed by atoms with Gasteiger partial charge in [0.25, 0.3) is 11.6 Å². The minimum atomic E-state index is -1.17. The van der Waals surface area contributed by atoms with Gasteiger partial charge >= 0.3 is 23.9 Å². The lowest BCUT2D eigenvalue weighted by Gasteiger charge is -2.35. The van der Waals surface area contributed by atoms with Crippen molar-refractivity contribution in [3.63, 3.8) is 0 Å². The summed E-state index contributed by atoms with van der Waals surface area (Å²) < 4.78 is 20.0. The van der Waals surface area contributed by atoms with E-state index in [-0.39, 0.29) is 5.92 Å². The van der Waals surface area contributed by atoms with Crippen molar-refractivity contribution < 1.29 is 38.1 Å². The first-order chi connectivity index (χ1) is 13.9. The van der Waals surface area contributed by atoms with Crippen LogP contribution in [0.1, 0.15) is 59.4 Å². The minimum Gasteiger partial charge on any atom is -0.422 e. The molecule has 2 aliphatic rings. The quantitative estimate of drug-likeness (QED) is 0.543. The van der Waals surface area contributed by atoms with E-state index in [0.717, 1.165) is 5.56 Å². The molecule has 0 aromatic heterocycles. The summed E-state index contributed by atoms with van der Waals surface area (Å²) in [6.45, 7) is 9.73. The molecule has 8 nitrogen and oxygen atoms in total. The summed E-state index contributed by atoms with van der Waals surface area (Å²) in [5, 5.41) is 0. The fourth-order valence-electron chi connectivity index (χ4n) is 3.16. The summed E-state index contributed by atoms with van der Waals surface area (Å²) in [5.74, 6) is -6.17. The van der Waals surface area contributed by atoms with E-state index in [4.69, 9.17) is 18.9 Å². The number of rotatable bonds is 3. The van der Waals surface area contributed by atoms with Gasteiger partial charge in [-0.05, 0) is 12.0 Å². The second-order valence-electron chi connectivity index (χ2n) is 8.12. The van der Waals surface area contributed by atoms with E-state index in [9.17, 15) is 19.2 Å². The molecule has 2 heterocycles. The van der Waals surface area contributed by atoms with Gasteiger partial charge in [-0.3, -0.25) is 19.2 Å². The number of cyclic esters (lactones) is 4. The van der Waals surface area contributed by atoms with E-state index in [1.807, 2.05) is 37.3 Å². The van der Waals surface area contributed by atoms with Gasteiger partial charge in [-0.25, -0.2) is 0 Å². The Balaban J connectivity index is 0.000000232. The molecule has 0 bridgehead atoms. The van der Waals surface area contributed by atoms with Crippen LogP contribution in [0.4, 0.5) is 0 Å². The van der Waals surface area contributed by atoms with Crippen molar-refractivity contribution in [1.29, 1.82) is 0 Å². The third-order valence-electron chi connectivity index (χ3n) is 4.70. The molecule has 8 heteroatoms. The highest BCUT2D eigenvalue weighted by Crippen LogP contribution is 2.32. The van der Waals surface area contributed by atoms with Crippen molar-refractivity contribution >= 4 is 23.9 Å². The Kier molecular flexibility index (Phi) is 6.90. The number of hydrogen-bond donors (Lipinski definition) is 0. The molecule has 0 saturated carbocycles. The molecule has 2 fully saturated rings. The normalized spacial score (nSPS) is 21.9. The van der Waals surface area contributed by atoms with Crippen molar-refractivity contribution in [3.05, 3.63) is 35.9 Å². The van der Waals surface area contributed by atoms with Crippen LogP contribution in [0.3, 0.4) is 0 Å². The van der Waals surface area contributed by atoms with Crippen molar-refractivity contribution in [3.8, 4) is 0 Å². The minimum absolute atomic E-state index is 0.262. The van der Waals surface area contributed by atoms with Crippen molar-refractivity contribution in [2.45, 2.75) is 65.5 Å². The molecule has 30 heavy (non-hydrogen) atoms. The lowest BCUT2D eigenvalue weighted by atomic mass is 9.87. The predicted molar refractivity (Wildman–Crippen MR) is 105 cm³/mol. The van der Waals surface area contributed by atoms with Crippen LogP contribution < -0.4 is 0 Å². The number of carbonyl (C=O) groups excluding carboxylic acids is 4. The molecule has 3 rings (SSSR count). The lowest BCUT2D eigenvalue weighted by molar-refractivity contribution is -0.242. The second-order valence-corrected chi connectivity index (χ2v) is 8.12. The summed E-state index contributed by atoms with van der Waals surface area (Å²) >= 11 is 0. The number of carbonyl (C=O) groups is 4. The summed E-state index contributed by atoms with van der Waals surface area (Å²) in [5.41, 5.74) is 0.913. The SMILES string of the molecule is CC(c1ccccc1)C1C(=O)OC(C)(C)OC1=O.CCC1C(=O)OC(C)(C)OC1=O. The van der Waals surface area contributed by atoms with Crippen molar-refractivity contribution in [1.82, 2.24) is 0 Å². The molecule has 1 aromatic carbocycles. The van der Waals surface area contributed by atoms with Gasteiger partial charge in [0.05, 0.1) is 0 Å². The van der Waals surface area contributed by atoms with E-state index >= 15 is 0 Å². The molecular weight excluding hydrogens is 392 g/mol. The average molecular weight is 420 g/mol. The largest absolute Gasteiger partial charge is 0.422 e. The summed E-state index contributed by atoms with van der Waals surface area (Å²) in [6.07, 6.45) is 0.424. The molecule has 0 amide bonds. The van der Waals surface area contributed by atoms with E-state index in [1.54, 1.807) is 20.8 Å². The van der Waals surface area contributed by atoms with Gasteiger partial charge in [0, 0.05) is 33.6 Å². The summed E-state index contributed by atoms with van der Waals surface area (Å²) in [6, 6.07) is 9.39. The lowest BCUT2D eigenvalue weighted by Crippen LogP contribution is -2.47. The van der Waals surface area contributed by atoms with Crippen LogP contribution in [0, 0.1) is 11.8 Å². The molecule has 1 unspecified atom stereocenters. The fraction of sp³-hybridized carbons (Fsp3) is 0.545. The number of esters is 4. The van der Waals surface area contributed by atoms with Crippen LogP contribution in [0.2, 0.25) is 0 Å². The van der Waals surface area contributed by atoms with Gasteiger partial charge in [0.2, 0.25) is 0 Å². The maximum atomic E-state index is 11.9. The standard InChI is InChI=1S/C14H16O4.C8H12O4/c1-9(10-7-5-4-6-8-10)11-12(15)17-14(2,3)18-13(11)16;1-4-5-6(9)11-8(2,3)12-7(5)10/h4-9,11H,1-3H3;5H,4H2,1-3H3. The molecule has 1 atom stereocenters. The predicted octanol–water partition coefficient (Wildman–Crippen LogP) is 3.09. The topological polar surface area (TPSA) is 105 Å². The third kappa shape index (κ3) is 5.58. The highest BCUT2D eigenvalue weighted by molar-refractivity contribution is 5.98. The third-order valence-corrected chi connectivity index (χ3v) is 4.70. The van der Waals surface area contributed by atoms with Gasteiger partial charge in [-0.15, -0.1) is 0 Å². The van der Waals surface area contributed by atoms with Crippen LogP contribution >= 0.6 is 0 Å². The summed E-state index contributed by atoms with van der Waals surface area (Å²) in [7, 11) is 0. The van der Waals surface area contributed by atoms with E-state index in [2.05, 4.69) is 0 Å². The molecule has 0 N–H and O–H groups in total. The Bertz CT molecular complexity index is 772. The van der Waals surface area contributed by atoms with E-state index < -0.39 is 47.3 Å². The zero-order chi connectivity index (χ0) is 22.7. The molecule has 2 aliphatic heterocycles. The Morgan fingerprint density at radius 3 is 1.57 bits per heavy atom. The molecule has 0 radical (unpaired) electrons. The molecular formula is C22H28O8. The number of hydrogen-bond acceptors (Lipinski definition) is 8. The van der Waals surface area contributed by atoms with Crippen LogP contribution in [0.15, 0.2) is 30.3 Å². The first kappa shape index (κ1) is 23.4. The first-order valence-electron chi connectivity index (χ1n) is 9.83. The maximum absolute atomic E-state index is 11.9. The van der Waals surface area contributed by atoms with Crippen molar-refractivity contribution in [2.24, 2.45) is 11.8 Å². The van der Waals surface area contributed by atoms with Crippen LogP contribution in [-0.4, -0.2) is 35.5 Å². The molecule has 2 saturated heterocycles. The maximum Gasteiger partial charge on any atom is 0.324 e. The van der Waals surface area contributed by atoms with Crippen LogP contribution in [0.25, 0.3) is 0 Å².